The molecule has 2 aliphatic heterocycles. The summed E-state index contributed by atoms with van der Waals surface area (Å²) in [5.74, 6) is 0.864. The van der Waals surface area contributed by atoms with Gasteiger partial charge in [-0.25, -0.2) is 0 Å². The van der Waals surface area contributed by atoms with Crippen LogP contribution in [0.3, 0.4) is 0 Å². The molecule has 0 saturated carbocycles. The fourth-order valence-corrected chi connectivity index (χ4v) is 3.44. The molecule has 0 spiro atoms. The second kappa shape index (κ2) is 5.44. The number of benzene rings is 1. The van der Waals surface area contributed by atoms with Crippen LogP contribution in [0, 0.1) is 0 Å². The van der Waals surface area contributed by atoms with Crippen LogP contribution in [-0.2, 0) is 0 Å². The van der Waals surface area contributed by atoms with Crippen LogP contribution < -0.4 is 4.90 Å². The van der Waals surface area contributed by atoms with Crippen molar-refractivity contribution in [3.8, 4) is 5.69 Å². The van der Waals surface area contributed by atoms with E-state index in [4.69, 9.17) is 0 Å². The lowest BCUT2D eigenvalue weighted by Gasteiger charge is -2.23. The summed E-state index contributed by atoms with van der Waals surface area (Å²) in [5.41, 5.74) is 1.02. The third kappa shape index (κ3) is 2.40. The smallest absolute Gasteiger partial charge is 0.250 e. The average molecular weight is 284 g/mol. The molecule has 0 aliphatic carbocycles. The van der Waals surface area contributed by atoms with E-state index in [1.807, 2.05) is 35.0 Å². The molecule has 2 saturated heterocycles. The third-order valence-corrected chi connectivity index (χ3v) is 4.56. The van der Waals surface area contributed by atoms with Crippen LogP contribution in [0.1, 0.15) is 19.3 Å². The number of nitrogens with zero attached hydrogens (tertiary/aromatic N) is 6. The van der Waals surface area contributed by atoms with Gasteiger partial charge in [-0.05, 0) is 54.9 Å². The molecule has 0 N–H and O–H groups in total. The second-order valence-corrected chi connectivity index (χ2v) is 5.86. The zero-order valence-corrected chi connectivity index (χ0v) is 12.1. The van der Waals surface area contributed by atoms with E-state index < -0.39 is 0 Å². The molecule has 2 fully saturated rings. The normalized spacial score (nSPS) is 23.0. The summed E-state index contributed by atoms with van der Waals surface area (Å²) in [6, 6.07) is 10.8. The van der Waals surface area contributed by atoms with E-state index in [1.54, 1.807) is 0 Å². The Labute approximate surface area is 124 Å². The number of aromatic nitrogens is 4. The van der Waals surface area contributed by atoms with Crippen molar-refractivity contribution in [3.63, 3.8) is 0 Å². The summed E-state index contributed by atoms with van der Waals surface area (Å²) in [6.07, 6.45) is 3.90. The van der Waals surface area contributed by atoms with Gasteiger partial charge in [-0.2, -0.15) is 4.68 Å². The zero-order chi connectivity index (χ0) is 14.1. The van der Waals surface area contributed by atoms with Crippen molar-refractivity contribution in [2.45, 2.75) is 25.3 Å². The van der Waals surface area contributed by atoms with Gasteiger partial charge in [0.25, 0.3) is 0 Å². The molecule has 2 aliphatic rings. The summed E-state index contributed by atoms with van der Waals surface area (Å²) in [7, 11) is 0. The van der Waals surface area contributed by atoms with Gasteiger partial charge < -0.3 is 4.90 Å². The van der Waals surface area contributed by atoms with Crippen molar-refractivity contribution in [1.29, 1.82) is 0 Å². The van der Waals surface area contributed by atoms with E-state index in [1.165, 1.54) is 32.4 Å². The van der Waals surface area contributed by atoms with E-state index in [0.29, 0.717) is 6.04 Å². The molecule has 1 aromatic heterocycles. The molecule has 2 aromatic rings. The molecule has 21 heavy (non-hydrogen) atoms. The maximum Gasteiger partial charge on any atom is 0.250 e. The van der Waals surface area contributed by atoms with Crippen molar-refractivity contribution >= 4 is 5.95 Å². The van der Waals surface area contributed by atoms with Crippen LogP contribution in [-0.4, -0.2) is 57.3 Å². The summed E-state index contributed by atoms with van der Waals surface area (Å²) in [4.78, 5) is 4.94. The molecule has 0 radical (unpaired) electrons. The van der Waals surface area contributed by atoms with E-state index in [-0.39, 0.29) is 0 Å². The molecule has 0 unspecified atom stereocenters. The molecule has 110 valence electrons. The SMILES string of the molecule is c1ccc(-n2nnnc2N2CC[C@H](N3CCCC3)C2)cc1. The fourth-order valence-electron chi connectivity index (χ4n) is 3.44. The van der Waals surface area contributed by atoms with E-state index >= 15 is 0 Å². The van der Waals surface area contributed by atoms with Gasteiger partial charge in [-0.15, -0.1) is 0 Å². The van der Waals surface area contributed by atoms with Gasteiger partial charge in [0.1, 0.15) is 0 Å². The highest BCUT2D eigenvalue weighted by Gasteiger charge is 2.31. The first-order valence-electron chi connectivity index (χ1n) is 7.74. The first-order valence-corrected chi connectivity index (χ1v) is 7.74. The third-order valence-electron chi connectivity index (χ3n) is 4.56. The predicted octanol–water partition coefficient (Wildman–Crippen LogP) is 1.34. The molecular weight excluding hydrogens is 264 g/mol. The number of hydrogen-bond donors (Lipinski definition) is 0. The maximum atomic E-state index is 4.24. The minimum atomic E-state index is 0.661. The van der Waals surface area contributed by atoms with Crippen molar-refractivity contribution < 1.29 is 0 Å². The van der Waals surface area contributed by atoms with Crippen LogP contribution in [0.4, 0.5) is 5.95 Å². The highest BCUT2D eigenvalue weighted by molar-refractivity contribution is 5.41. The highest BCUT2D eigenvalue weighted by Crippen LogP contribution is 2.24. The molecule has 4 rings (SSSR count). The first-order chi connectivity index (χ1) is 10.4. The Morgan fingerprint density at radius 2 is 1.81 bits per heavy atom. The Morgan fingerprint density at radius 1 is 1.00 bits per heavy atom. The summed E-state index contributed by atoms with van der Waals surface area (Å²) < 4.78 is 1.84. The van der Waals surface area contributed by atoms with Gasteiger partial charge in [-0.1, -0.05) is 23.3 Å². The lowest BCUT2D eigenvalue weighted by molar-refractivity contribution is 0.260. The van der Waals surface area contributed by atoms with E-state index in [9.17, 15) is 0 Å². The molecule has 0 bridgehead atoms. The number of hydrogen-bond acceptors (Lipinski definition) is 5. The van der Waals surface area contributed by atoms with E-state index in [2.05, 4.69) is 25.3 Å². The van der Waals surface area contributed by atoms with Gasteiger partial charge in [0.05, 0.1) is 5.69 Å². The summed E-state index contributed by atoms with van der Waals surface area (Å²) in [6.45, 7) is 4.58. The topological polar surface area (TPSA) is 50.1 Å². The average Bonchev–Trinajstić information content (AvgIpc) is 3.27. The number of para-hydroxylation sites is 1. The lowest BCUT2D eigenvalue weighted by atomic mass is 10.2. The maximum absolute atomic E-state index is 4.24. The van der Waals surface area contributed by atoms with Crippen molar-refractivity contribution in [1.82, 2.24) is 25.1 Å². The second-order valence-electron chi connectivity index (χ2n) is 5.86. The minimum Gasteiger partial charge on any atom is -0.338 e. The Hall–Kier alpha value is -1.95. The zero-order valence-electron chi connectivity index (χ0n) is 12.1. The standard InChI is InChI=1S/C15H20N6/c1-2-6-13(7-3-1)21-15(16-17-18-21)20-11-8-14(12-20)19-9-4-5-10-19/h1-3,6-7,14H,4-5,8-12H2/t14-/m0/s1. The van der Waals surface area contributed by atoms with Gasteiger partial charge in [0.15, 0.2) is 0 Å². The molecular formula is C15H20N6. The minimum absolute atomic E-state index is 0.661. The van der Waals surface area contributed by atoms with Gasteiger partial charge in [0.2, 0.25) is 5.95 Å². The van der Waals surface area contributed by atoms with Gasteiger partial charge in [0, 0.05) is 19.1 Å². The van der Waals surface area contributed by atoms with Gasteiger partial charge in [-0.3, -0.25) is 4.90 Å². The Kier molecular flexibility index (Phi) is 3.31. The first kappa shape index (κ1) is 12.8. The number of tetrazole rings is 1. The Morgan fingerprint density at radius 3 is 2.62 bits per heavy atom. The molecule has 1 atom stereocenters. The Balaban J connectivity index is 1.54. The quantitative estimate of drug-likeness (QED) is 0.851. The molecule has 6 heteroatoms. The monoisotopic (exact) mass is 284 g/mol. The van der Waals surface area contributed by atoms with Gasteiger partial charge >= 0.3 is 0 Å². The van der Waals surface area contributed by atoms with Crippen LogP contribution in [0.15, 0.2) is 30.3 Å². The Bertz CT molecular complexity index is 589. The van der Waals surface area contributed by atoms with Crippen LogP contribution >= 0.6 is 0 Å². The van der Waals surface area contributed by atoms with E-state index in [0.717, 1.165) is 24.7 Å². The molecule has 3 heterocycles. The van der Waals surface area contributed by atoms with Crippen molar-refractivity contribution in [3.05, 3.63) is 30.3 Å². The lowest BCUT2D eigenvalue weighted by Crippen LogP contribution is -2.35. The molecule has 6 nitrogen and oxygen atoms in total. The summed E-state index contributed by atoms with van der Waals surface area (Å²) in [5, 5.41) is 12.3. The molecule has 1 aromatic carbocycles. The van der Waals surface area contributed by atoms with Crippen LogP contribution in [0.2, 0.25) is 0 Å². The number of anilines is 1. The van der Waals surface area contributed by atoms with Crippen LogP contribution in [0.25, 0.3) is 5.69 Å². The number of rotatable bonds is 3. The van der Waals surface area contributed by atoms with Crippen LogP contribution in [0.5, 0.6) is 0 Å². The largest absolute Gasteiger partial charge is 0.338 e. The predicted molar refractivity (Wildman–Crippen MR) is 80.6 cm³/mol. The van der Waals surface area contributed by atoms with Crippen molar-refractivity contribution in [2.24, 2.45) is 0 Å². The van der Waals surface area contributed by atoms with Crippen molar-refractivity contribution in [2.75, 3.05) is 31.1 Å². The number of likely N-dealkylation sites (tertiary alicyclic amines) is 1. The highest BCUT2D eigenvalue weighted by atomic mass is 15.6. The molecule has 0 amide bonds. The summed E-state index contributed by atoms with van der Waals surface area (Å²) >= 11 is 0. The fraction of sp³-hybridized carbons (Fsp3) is 0.533.